The third-order valence-corrected chi connectivity index (χ3v) is 7.21. The average molecular weight is 391 g/mol. The number of hydrogen-bond acceptors (Lipinski definition) is 5. The van der Waals surface area contributed by atoms with Crippen LogP contribution in [0.15, 0.2) is 23.1 Å². The molecule has 0 N–H and O–H groups in total. The number of carbonyl (C=O) groups excluding carboxylic acids is 1. The molecule has 140 valence electrons. The van der Waals surface area contributed by atoms with Crippen LogP contribution in [0, 0.1) is 5.92 Å². The maximum absolute atomic E-state index is 13.3. The van der Waals surface area contributed by atoms with Crippen molar-refractivity contribution >= 4 is 44.4 Å². The van der Waals surface area contributed by atoms with Crippen molar-refractivity contribution in [2.24, 2.45) is 5.92 Å². The van der Waals surface area contributed by atoms with Gasteiger partial charge in [0.05, 0.1) is 22.9 Å². The van der Waals surface area contributed by atoms with Gasteiger partial charge in [-0.3, -0.25) is 9.69 Å². The van der Waals surface area contributed by atoms with Crippen LogP contribution >= 0.6 is 23.1 Å². The fraction of sp³-hybridized carbons (Fsp3) is 0.600. The Kier molecular flexibility index (Phi) is 5.81. The maximum atomic E-state index is 13.3. The van der Waals surface area contributed by atoms with E-state index in [-0.39, 0.29) is 17.9 Å². The fourth-order valence-corrected chi connectivity index (χ4v) is 5.49. The lowest BCUT2D eigenvalue weighted by Gasteiger charge is -2.29. The Balaban J connectivity index is 1.63. The number of benzene rings is 1. The van der Waals surface area contributed by atoms with Crippen LogP contribution in [0.25, 0.3) is 10.2 Å². The van der Waals surface area contributed by atoms with Crippen molar-refractivity contribution in [2.75, 3.05) is 24.3 Å². The van der Waals surface area contributed by atoms with E-state index >= 15 is 0 Å². The van der Waals surface area contributed by atoms with Crippen LogP contribution in [0.5, 0.6) is 0 Å². The number of anilines is 1. The zero-order valence-electron chi connectivity index (χ0n) is 15.3. The van der Waals surface area contributed by atoms with E-state index in [4.69, 9.17) is 9.72 Å². The first-order chi connectivity index (χ1) is 12.7. The molecule has 1 aliphatic carbocycles. The highest BCUT2D eigenvalue weighted by Crippen LogP contribution is 2.34. The Morgan fingerprint density at radius 2 is 2.12 bits per heavy atom. The lowest BCUT2D eigenvalue weighted by molar-refractivity contribution is -0.123. The third kappa shape index (κ3) is 3.92. The summed E-state index contributed by atoms with van der Waals surface area (Å²) in [7, 11) is 0. The fourth-order valence-electron chi connectivity index (χ4n) is 3.96. The number of carbonyl (C=O) groups is 1. The molecule has 1 saturated carbocycles. The standard InChI is InChI=1S/C20H26N2O2S2/c1-25-16-9-10-17-18(12-16)26-20(21-17)22(13-15-8-5-11-24-15)19(23)14-6-3-2-4-7-14/h9-10,12,14-15H,2-8,11,13H2,1H3. The molecule has 4 rings (SSSR count). The van der Waals surface area contributed by atoms with E-state index < -0.39 is 0 Å². The van der Waals surface area contributed by atoms with E-state index in [1.54, 1.807) is 23.1 Å². The van der Waals surface area contributed by atoms with Crippen LogP contribution < -0.4 is 4.90 Å². The van der Waals surface area contributed by atoms with Crippen molar-refractivity contribution in [1.82, 2.24) is 4.98 Å². The summed E-state index contributed by atoms with van der Waals surface area (Å²) in [6.07, 6.45) is 9.99. The summed E-state index contributed by atoms with van der Waals surface area (Å²) in [6, 6.07) is 6.34. The first kappa shape index (κ1) is 18.3. The van der Waals surface area contributed by atoms with E-state index in [1.165, 1.54) is 24.2 Å². The number of thiazole rings is 1. The van der Waals surface area contributed by atoms with Gasteiger partial charge in [-0.05, 0) is 50.1 Å². The van der Waals surface area contributed by atoms with Gasteiger partial charge >= 0.3 is 0 Å². The van der Waals surface area contributed by atoms with Gasteiger partial charge < -0.3 is 4.74 Å². The molecule has 1 aromatic heterocycles. The quantitative estimate of drug-likeness (QED) is 0.665. The molecule has 26 heavy (non-hydrogen) atoms. The molecule has 1 aromatic carbocycles. The molecule has 1 atom stereocenters. The maximum Gasteiger partial charge on any atom is 0.231 e. The molecule has 0 spiro atoms. The van der Waals surface area contributed by atoms with Crippen LogP contribution in [0.4, 0.5) is 5.13 Å². The molecule has 1 saturated heterocycles. The van der Waals surface area contributed by atoms with Crippen LogP contribution in [0.3, 0.4) is 0 Å². The highest BCUT2D eigenvalue weighted by atomic mass is 32.2. The molecule has 2 aromatic rings. The predicted molar refractivity (Wildman–Crippen MR) is 109 cm³/mol. The minimum absolute atomic E-state index is 0.149. The van der Waals surface area contributed by atoms with E-state index in [1.807, 2.05) is 4.90 Å². The summed E-state index contributed by atoms with van der Waals surface area (Å²) in [5, 5.41) is 0.837. The highest BCUT2D eigenvalue weighted by Gasteiger charge is 2.31. The van der Waals surface area contributed by atoms with Gasteiger partial charge in [0.25, 0.3) is 0 Å². The molecule has 1 unspecified atom stereocenters. The Morgan fingerprint density at radius 3 is 2.85 bits per heavy atom. The molecule has 2 fully saturated rings. The number of hydrogen-bond donors (Lipinski definition) is 0. The van der Waals surface area contributed by atoms with Crippen LogP contribution in [-0.2, 0) is 9.53 Å². The molecular formula is C20H26N2O2S2. The first-order valence-electron chi connectivity index (χ1n) is 9.62. The second-order valence-electron chi connectivity index (χ2n) is 7.25. The predicted octanol–water partition coefficient (Wildman–Crippen LogP) is 5.11. The van der Waals surface area contributed by atoms with Crippen molar-refractivity contribution in [3.05, 3.63) is 18.2 Å². The second kappa shape index (κ2) is 8.28. The van der Waals surface area contributed by atoms with Crippen LogP contribution in [0.1, 0.15) is 44.9 Å². The number of aromatic nitrogens is 1. The van der Waals surface area contributed by atoms with Crippen molar-refractivity contribution in [1.29, 1.82) is 0 Å². The molecule has 0 bridgehead atoms. The van der Waals surface area contributed by atoms with E-state index in [9.17, 15) is 4.79 Å². The zero-order chi connectivity index (χ0) is 17.9. The minimum atomic E-state index is 0.149. The average Bonchev–Trinajstić information content (AvgIpc) is 3.34. The zero-order valence-corrected chi connectivity index (χ0v) is 16.9. The summed E-state index contributed by atoms with van der Waals surface area (Å²) in [5.41, 5.74) is 0.983. The van der Waals surface area contributed by atoms with Gasteiger partial charge in [0, 0.05) is 17.4 Å². The lowest BCUT2D eigenvalue weighted by atomic mass is 9.88. The van der Waals surface area contributed by atoms with Crippen molar-refractivity contribution in [3.8, 4) is 0 Å². The molecule has 4 nitrogen and oxygen atoms in total. The van der Waals surface area contributed by atoms with Crippen LogP contribution in [0.2, 0.25) is 0 Å². The van der Waals surface area contributed by atoms with Gasteiger partial charge in [-0.2, -0.15) is 0 Å². The molecule has 6 heteroatoms. The van der Waals surface area contributed by atoms with E-state index in [0.717, 1.165) is 47.6 Å². The first-order valence-corrected chi connectivity index (χ1v) is 11.7. The summed E-state index contributed by atoms with van der Waals surface area (Å²) in [4.78, 5) is 21.3. The molecular weight excluding hydrogens is 364 g/mol. The monoisotopic (exact) mass is 390 g/mol. The summed E-state index contributed by atoms with van der Waals surface area (Å²) >= 11 is 3.37. The third-order valence-electron chi connectivity index (χ3n) is 5.45. The van der Waals surface area contributed by atoms with Crippen molar-refractivity contribution in [3.63, 3.8) is 0 Å². The topological polar surface area (TPSA) is 42.4 Å². The van der Waals surface area contributed by atoms with Gasteiger partial charge in [-0.1, -0.05) is 30.6 Å². The Morgan fingerprint density at radius 1 is 1.27 bits per heavy atom. The Hall–Kier alpha value is -1.11. The Bertz CT molecular complexity index is 764. The number of amides is 1. The Labute approximate surface area is 163 Å². The highest BCUT2D eigenvalue weighted by molar-refractivity contribution is 7.98. The van der Waals surface area contributed by atoms with Gasteiger partial charge in [0.1, 0.15) is 0 Å². The number of ether oxygens (including phenoxy) is 1. The molecule has 1 aliphatic heterocycles. The van der Waals surface area contributed by atoms with E-state index in [2.05, 4.69) is 24.5 Å². The number of thioether (sulfide) groups is 1. The summed E-state index contributed by atoms with van der Waals surface area (Å²) < 4.78 is 6.99. The SMILES string of the molecule is CSc1ccc2nc(N(CC3CCCO3)C(=O)C3CCCCC3)sc2c1. The summed E-state index contributed by atoms with van der Waals surface area (Å²) in [6.45, 7) is 1.46. The normalized spacial score (nSPS) is 21.3. The largest absolute Gasteiger partial charge is 0.376 e. The van der Waals surface area contributed by atoms with Gasteiger partial charge in [-0.25, -0.2) is 4.98 Å². The molecule has 2 aliphatic rings. The summed E-state index contributed by atoms with van der Waals surface area (Å²) in [5.74, 6) is 0.406. The smallest absolute Gasteiger partial charge is 0.231 e. The lowest BCUT2D eigenvalue weighted by Crippen LogP contribution is -2.41. The van der Waals surface area contributed by atoms with Gasteiger partial charge in [0.2, 0.25) is 5.91 Å². The van der Waals surface area contributed by atoms with E-state index in [0.29, 0.717) is 6.54 Å². The minimum Gasteiger partial charge on any atom is -0.376 e. The van der Waals surface area contributed by atoms with Crippen molar-refractivity contribution in [2.45, 2.75) is 55.9 Å². The molecule has 2 heterocycles. The number of nitrogens with zero attached hydrogens (tertiary/aromatic N) is 2. The number of rotatable bonds is 5. The molecule has 0 radical (unpaired) electrons. The number of fused-ring (bicyclic) bond motifs is 1. The second-order valence-corrected chi connectivity index (χ2v) is 9.14. The van der Waals surface area contributed by atoms with Crippen LogP contribution in [-0.4, -0.2) is 36.4 Å². The van der Waals surface area contributed by atoms with Crippen molar-refractivity contribution < 1.29 is 9.53 Å². The van der Waals surface area contributed by atoms with Gasteiger partial charge in [0.15, 0.2) is 5.13 Å². The molecule has 1 amide bonds. The van der Waals surface area contributed by atoms with Gasteiger partial charge in [-0.15, -0.1) is 11.8 Å².